The van der Waals surface area contributed by atoms with Gasteiger partial charge in [-0.15, -0.1) is 0 Å². The van der Waals surface area contributed by atoms with Crippen LogP contribution < -0.4 is 0 Å². The third-order valence-electron chi connectivity index (χ3n) is 5.14. The zero-order chi connectivity index (χ0) is 19.3. The molecule has 26 heavy (non-hydrogen) atoms. The van der Waals surface area contributed by atoms with Gasteiger partial charge in [-0.05, 0) is 31.7 Å². The lowest BCUT2D eigenvalue weighted by Crippen LogP contribution is -2.15. The van der Waals surface area contributed by atoms with Gasteiger partial charge in [0.05, 0.1) is 36.8 Å². The van der Waals surface area contributed by atoms with E-state index in [2.05, 4.69) is 32.9 Å². The van der Waals surface area contributed by atoms with E-state index in [-0.39, 0.29) is 5.97 Å². The number of hydrogen-bond donors (Lipinski definition) is 0. The standard InChI is InChI=1S/C23H40O2P/c1-5-9-17-26(18-10-6-2,19-11-7-3)20-21-14-12-13-15-22(21)23(24)25-16-8-4/h12-15H,5-11,16-20H2,1-4H3/q+1. The van der Waals surface area contributed by atoms with Crippen LogP contribution in [0.5, 0.6) is 0 Å². The monoisotopic (exact) mass is 379 g/mol. The van der Waals surface area contributed by atoms with Gasteiger partial charge in [-0.1, -0.05) is 65.2 Å². The Morgan fingerprint density at radius 3 is 1.88 bits per heavy atom. The van der Waals surface area contributed by atoms with E-state index in [1.165, 1.54) is 62.6 Å². The maximum absolute atomic E-state index is 12.5. The number of unbranched alkanes of at least 4 members (excludes halogenated alkanes) is 3. The summed E-state index contributed by atoms with van der Waals surface area (Å²) in [6, 6.07) is 8.18. The summed E-state index contributed by atoms with van der Waals surface area (Å²) >= 11 is 0. The van der Waals surface area contributed by atoms with Crippen LogP contribution in [0.15, 0.2) is 24.3 Å². The van der Waals surface area contributed by atoms with E-state index >= 15 is 0 Å². The summed E-state index contributed by atoms with van der Waals surface area (Å²) in [7, 11) is -1.07. The molecule has 0 radical (unpaired) electrons. The number of carbonyl (C=O) groups is 1. The average Bonchev–Trinajstić information content (AvgIpc) is 2.67. The second-order valence-electron chi connectivity index (χ2n) is 7.52. The molecule has 2 nitrogen and oxygen atoms in total. The highest BCUT2D eigenvalue weighted by Crippen LogP contribution is 2.63. The Hall–Kier alpha value is -0.880. The fraction of sp³-hybridized carbons (Fsp3) is 0.696. The molecular weight excluding hydrogens is 339 g/mol. The van der Waals surface area contributed by atoms with E-state index in [1.54, 1.807) is 0 Å². The lowest BCUT2D eigenvalue weighted by atomic mass is 10.1. The minimum Gasteiger partial charge on any atom is -0.462 e. The average molecular weight is 380 g/mol. The van der Waals surface area contributed by atoms with Crippen molar-refractivity contribution in [1.82, 2.24) is 0 Å². The van der Waals surface area contributed by atoms with Crippen LogP contribution in [0.25, 0.3) is 0 Å². The molecule has 0 aliphatic rings. The summed E-state index contributed by atoms with van der Waals surface area (Å²) in [6.07, 6.45) is 13.9. The SMILES string of the molecule is CCCC[P+](CCCC)(CCCC)Cc1ccccc1C(=O)OCCC. The van der Waals surface area contributed by atoms with Crippen molar-refractivity contribution >= 4 is 13.2 Å². The normalized spacial score (nSPS) is 11.5. The van der Waals surface area contributed by atoms with E-state index < -0.39 is 7.26 Å². The summed E-state index contributed by atoms with van der Waals surface area (Å²) in [4.78, 5) is 12.5. The van der Waals surface area contributed by atoms with Crippen molar-refractivity contribution in [3.63, 3.8) is 0 Å². The van der Waals surface area contributed by atoms with Crippen molar-refractivity contribution in [2.45, 2.75) is 78.8 Å². The van der Waals surface area contributed by atoms with Gasteiger partial charge in [0.2, 0.25) is 0 Å². The predicted molar refractivity (Wildman–Crippen MR) is 117 cm³/mol. The van der Waals surface area contributed by atoms with E-state index in [0.717, 1.165) is 18.1 Å². The lowest BCUT2D eigenvalue weighted by molar-refractivity contribution is 0.0504. The first-order valence-electron chi connectivity index (χ1n) is 10.7. The van der Waals surface area contributed by atoms with Gasteiger partial charge in [0, 0.05) is 12.8 Å². The molecule has 1 aromatic rings. The second kappa shape index (κ2) is 13.3. The van der Waals surface area contributed by atoms with Crippen LogP contribution in [-0.4, -0.2) is 31.1 Å². The van der Waals surface area contributed by atoms with Crippen molar-refractivity contribution in [1.29, 1.82) is 0 Å². The van der Waals surface area contributed by atoms with E-state index in [4.69, 9.17) is 4.74 Å². The smallest absolute Gasteiger partial charge is 0.338 e. The van der Waals surface area contributed by atoms with Gasteiger partial charge in [0.15, 0.2) is 0 Å². The first-order valence-corrected chi connectivity index (χ1v) is 13.3. The Bertz CT molecular complexity index is 491. The molecule has 0 saturated carbocycles. The van der Waals surface area contributed by atoms with Crippen LogP contribution in [0.1, 0.15) is 88.6 Å². The molecule has 0 heterocycles. The molecule has 0 amide bonds. The molecule has 1 rings (SSSR count). The third kappa shape index (κ3) is 7.78. The van der Waals surface area contributed by atoms with Gasteiger partial charge < -0.3 is 4.74 Å². The minimum atomic E-state index is -1.07. The van der Waals surface area contributed by atoms with Crippen molar-refractivity contribution in [2.24, 2.45) is 0 Å². The number of benzene rings is 1. The molecule has 1 aromatic carbocycles. The summed E-state index contributed by atoms with van der Waals surface area (Å²) in [5.41, 5.74) is 2.03. The number of ether oxygens (including phenoxy) is 1. The van der Waals surface area contributed by atoms with Crippen LogP contribution in [0.3, 0.4) is 0 Å². The molecule has 0 aliphatic carbocycles. The highest BCUT2D eigenvalue weighted by atomic mass is 31.2. The second-order valence-corrected chi connectivity index (χ2v) is 11.9. The number of rotatable bonds is 14. The van der Waals surface area contributed by atoms with Gasteiger partial charge in [-0.25, -0.2) is 4.79 Å². The Kier molecular flexibility index (Phi) is 11.9. The van der Waals surface area contributed by atoms with Gasteiger partial charge in [0.25, 0.3) is 0 Å². The van der Waals surface area contributed by atoms with Crippen LogP contribution in [0.2, 0.25) is 0 Å². The maximum Gasteiger partial charge on any atom is 0.338 e. The first kappa shape index (κ1) is 23.2. The molecule has 0 saturated heterocycles. The van der Waals surface area contributed by atoms with E-state index in [9.17, 15) is 4.79 Å². The lowest BCUT2D eigenvalue weighted by Gasteiger charge is -2.28. The van der Waals surface area contributed by atoms with Crippen LogP contribution in [0.4, 0.5) is 0 Å². The Balaban J connectivity index is 3.09. The predicted octanol–water partition coefficient (Wildman–Crippen LogP) is 7.17. The van der Waals surface area contributed by atoms with Gasteiger partial charge in [0.1, 0.15) is 0 Å². The Morgan fingerprint density at radius 1 is 0.846 bits per heavy atom. The zero-order valence-corrected chi connectivity index (χ0v) is 18.5. The van der Waals surface area contributed by atoms with Crippen molar-refractivity contribution in [2.75, 3.05) is 25.1 Å². The van der Waals surface area contributed by atoms with E-state index in [1.807, 2.05) is 19.1 Å². The van der Waals surface area contributed by atoms with Gasteiger partial charge in [-0.2, -0.15) is 0 Å². The van der Waals surface area contributed by atoms with Gasteiger partial charge >= 0.3 is 5.97 Å². The molecular formula is C23H40O2P+. The minimum absolute atomic E-state index is 0.137. The van der Waals surface area contributed by atoms with Crippen LogP contribution >= 0.6 is 7.26 Å². The first-order chi connectivity index (χ1) is 12.6. The molecule has 0 bridgehead atoms. The Morgan fingerprint density at radius 2 is 1.38 bits per heavy atom. The fourth-order valence-corrected chi connectivity index (χ4v) is 8.65. The molecule has 0 N–H and O–H groups in total. The molecule has 148 valence electrons. The van der Waals surface area contributed by atoms with Crippen molar-refractivity contribution in [3.8, 4) is 0 Å². The summed E-state index contributed by atoms with van der Waals surface area (Å²) in [5.74, 6) is -0.137. The quantitative estimate of drug-likeness (QED) is 0.253. The molecule has 0 aliphatic heterocycles. The topological polar surface area (TPSA) is 26.3 Å². The molecule has 0 atom stereocenters. The maximum atomic E-state index is 12.5. The van der Waals surface area contributed by atoms with Crippen molar-refractivity contribution < 1.29 is 9.53 Å². The van der Waals surface area contributed by atoms with Crippen molar-refractivity contribution in [3.05, 3.63) is 35.4 Å². The Labute approximate surface area is 162 Å². The summed E-state index contributed by atoms with van der Waals surface area (Å²) < 4.78 is 5.45. The highest BCUT2D eigenvalue weighted by Gasteiger charge is 2.36. The third-order valence-corrected chi connectivity index (χ3v) is 9.94. The van der Waals surface area contributed by atoms with Crippen LogP contribution in [-0.2, 0) is 10.9 Å². The zero-order valence-electron chi connectivity index (χ0n) is 17.6. The summed E-state index contributed by atoms with van der Waals surface area (Å²) in [6.45, 7) is 9.43. The van der Waals surface area contributed by atoms with Gasteiger partial charge in [-0.3, -0.25) is 0 Å². The number of esters is 1. The molecule has 0 unspecified atom stereocenters. The highest BCUT2D eigenvalue weighted by molar-refractivity contribution is 7.75. The molecule has 0 spiro atoms. The number of carbonyl (C=O) groups excluding carboxylic acids is 1. The van der Waals surface area contributed by atoms with E-state index in [0.29, 0.717) is 6.61 Å². The fourth-order valence-electron chi connectivity index (χ4n) is 3.54. The molecule has 3 heteroatoms. The molecule has 0 aromatic heterocycles. The van der Waals surface area contributed by atoms with Crippen LogP contribution in [0, 0.1) is 0 Å². The molecule has 0 fully saturated rings. The number of hydrogen-bond acceptors (Lipinski definition) is 2. The largest absolute Gasteiger partial charge is 0.462 e. The summed E-state index contributed by atoms with van der Waals surface area (Å²) in [5, 5.41) is 0.